The molecular weight excluding hydrogens is 422 g/mol. The van der Waals surface area contributed by atoms with Crippen LogP contribution < -0.4 is 4.74 Å². The minimum Gasteiger partial charge on any atom is -0.497 e. The Morgan fingerprint density at radius 3 is 2.39 bits per heavy atom. The molecule has 1 amide bonds. The fourth-order valence-electron chi connectivity index (χ4n) is 4.07. The van der Waals surface area contributed by atoms with Crippen LogP contribution in [0.15, 0.2) is 17.0 Å². The molecule has 0 aromatic heterocycles. The van der Waals surface area contributed by atoms with Gasteiger partial charge in [-0.1, -0.05) is 0 Å². The fraction of sp³-hybridized carbons (Fsp3) is 0.667. The van der Waals surface area contributed by atoms with Gasteiger partial charge in [-0.2, -0.15) is 4.31 Å². The molecule has 2 fully saturated rings. The summed E-state index contributed by atoms with van der Waals surface area (Å²) < 4.78 is 44.9. The molecule has 1 aromatic rings. The first-order chi connectivity index (χ1) is 14.7. The van der Waals surface area contributed by atoms with E-state index < -0.39 is 16.1 Å². The molecule has 0 radical (unpaired) electrons. The maximum Gasteiger partial charge on any atom is 0.248 e. The van der Waals surface area contributed by atoms with Crippen molar-refractivity contribution in [2.75, 3.05) is 73.3 Å². The summed E-state index contributed by atoms with van der Waals surface area (Å²) in [5, 5.41) is 0. The van der Waals surface area contributed by atoms with Crippen molar-refractivity contribution in [3.8, 4) is 5.75 Å². The summed E-state index contributed by atoms with van der Waals surface area (Å²) in [6.45, 7) is 7.43. The van der Waals surface area contributed by atoms with E-state index >= 15 is 0 Å². The zero-order chi connectivity index (χ0) is 22.6. The van der Waals surface area contributed by atoms with Crippen LogP contribution in [0.25, 0.3) is 0 Å². The van der Waals surface area contributed by atoms with Crippen LogP contribution in [-0.4, -0.2) is 108 Å². The highest BCUT2D eigenvalue weighted by Crippen LogP contribution is 2.30. The average molecular weight is 456 g/mol. The molecule has 1 aromatic carbocycles. The Morgan fingerprint density at radius 1 is 1.13 bits per heavy atom. The third-order valence-corrected chi connectivity index (χ3v) is 8.06. The number of sulfonamides is 1. The van der Waals surface area contributed by atoms with Gasteiger partial charge in [0.25, 0.3) is 0 Å². The third-order valence-electron chi connectivity index (χ3n) is 5.80. The number of aryl methyl sites for hydroxylation is 2. The maximum atomic E-state index is 13.5. The number of morpholine rings is 1. The molecule has 9 nitrogen and oxygen atoms in total. The lowest BCUT2D eigenvalue weighted by atomic mass is 10.1. The molecule has 2 aliphatic heterocycles. The van der Waals surface area contributed by atoms with Crippen LogP contribution >= 0.6 is 0 Å². The Bertz CT molecular complexity index is 860. The molecule has 2 heterocycles. The van der Waals surface area contributed by atoms with Crippen molar-refractivity contribution in [3.05, 3.63) is 23.3 Å². The van der Waals surface area contributed by atoms with Crippen LogP contribution in [0.2, 0.25) is 0 Å². The van der Waals surface area contributed by atoms with Gasteiger partial charge in [0, 0.05) is 32.7 Å². The van der Waals surface area contributed by atoms with E-state index in [4.69, 9.17) is 14.2 Å². The van der Waals surface area contributed by atoms with E-state index in [1.807, 2.05) is 7.05 Å². The van der Waals surface area contributed by atoms with E-state index in [1.54, 1.807) is 38.0 Å². The van der Waals surface area contributed by atoms with Crippen LogP contribution in [0.3, 0.4) is 0 Å². The lowest BCUT2D eigenvalue weighted by Gasteiger charge is -2.35. The standard InChI is InChI=1S/C21H33N3O6S/c1-16-11-19(28-4)12-17(2)21(16)31(26,27)24-9-10-29-13-18(24)14-30-15-20(25)23-7-5-22(3)6-8-23/h11-12,18H,5-10,13-15H2,1-4H3/t18-/m0/s1. The van der Waals surface area contributed by atoms with Crippen molar-refractivity contribution in [1.82, 2.24) is 14.1 Å². The molecule has 2 aliphatic rings. The molecular formula is C21H33N3O6S. The number of carbonyl (C=O) groups is 1. The highest BCUT2D eigenvalue weighted by molar-refractivity contribution is 7.89. The number of likely N-dealkylation sites (N-methyl/N-ethyl adjacent to an activating group) is 1. The number of amides is 1. The SMILES string of the molecule is COc1cc(C)c(S(=O)(=O)N2CCOC[C@H]2COCC(=O)N2CCN(C)CC2)c(C)c1. The summed E-state index contributed by atoms with van der Waals surface area (Å²) in [6, 6.07) is 2.96. The average Bonchev–Trinajstić information content (AvgIpc) is 2.73. The highest BCUT2D eigenvalue weighted by Gasteiger charge is 2.36. The van der Waals surface area contributed by atoms with Gasteiger partial charge in [-0.15, -0.1) is 0 Å². The number of carbonyl (C=O) groups excluding carboxylic acids is 1. The molecule has 0 N–H and O–H groups in total. The Kier molecular flexibility index (Phi) is 7.92. The molecule has 31 heavy (non-hydrogen) atoms. The number of nitrogens with zero attached hydrogens (tertiary/aromatic N) is 3. The predicted molar refractivity (Wildman–Crippen MR) is 116 cm³/mol. The smallest absolute Gasteiger partial charge is 0.248 e. The van der Waals surface area contributed by atoms with Crippen molar-refractivity contribution in [1.29, 1.82) is 0 Å². The van der Waals surface area contributed by atoms with Gasteiger partial charge in [-0.3, -0.25) is 4.79 Å². The molecule has 10 heteroatoms. The maximum absolute atomic E-state index is 13.5. The molecule has 2 saturated heterocycles. The van der Waals surface area contributed by atoms with Gasteiger partial charge in [0.05, 0.1) is 37.9 Å². The van der Waals surface area contributed by atoms with Gasteiger partial charge in [-0.25, -0.2) is 8.42 Å². The number of rotatable bonds is 7. The minimum absolute atomic E-state index is 0.0608. The molecule has 0 aliphatic carbocycles. The second kappa shape index (κ2) is 10.3. The van der Waals surface area contributed by atoms with Gasteiger partial charge in [0.15, 0.2) is 0 Å². The van der Waals surface area contributed by atoms with Gasteiger partial charge >= 0.3 is 0 Å². The van der Waals surface area contributed by atoms with E-state index in [1.165, 1.54) is 4.31 Å². The molecule has 0 saturated carbocycles. The lowest BCUT2D eigenvalue weighted by Crippen LogP contribution is -2.51. The normalized spacial score (nSPS) is 21.3. The Labute approximate surface area is 184 Å². The quantitative estimate of drug-likeness (QED) is 0.591. The molecule has 0 spiro atoms. The van der Waals surface area contributed by atoms with Crippen LogP contribution in [0.1, 0.15) is 11.1 Å². The van der Waals surface area contributed by atoms with Crippen molar-refractivity contribution in [2.24, 2.45) is 0 Å². The Morgan fingerprint density at radius 2 is 1.77 bits per heavy atom. The minimum atomic E-state index is -3.76. The fourth-order valence-corrected chi connectivity index (χ4v) is 6.06. The van der Waals surface area contributed by atoms with Crippen LogP contribution in [0.5, 0.6) is 5.75 Å². The number of hydrogen-bond donors (Lipinski definition) is 0. The molecule has 174 valence electrons. The van der Waals surface area contributed by atoms with E-state index in [0.29, 0.717) is 36.6 Å². The van der Waals surface area contributed by atoms with Crippen molar-refractivity contribution >= 4 is 15.9 Å². The molecule has 1 atom stereocenters. The third kappa shape index (κ3) is 5.56. The number of piperazine rings is 1. The monoisotopic (exact) mass is 455 g/mol. The van der Waals surface area contributed by atoms with Gasteiger partial charge < -0.3 is 24.0 Å². The highest BCUT2D eigenvalue weighted by atomic mass is 32.2. The second-order valence-electron chi connectivity index (χ2n) is 8.13. The Balaban J connectivity index is 1.67. The van der Waals surface area contributed by atoms with Crippen LogP contribution in [0, 0.1) is 13.8 Å². The van der Waals surface area contributed by atoms with E-state index in [9.17, 15) is 13.2 Å². The predicted octanol–water partition coefficient (Wildman–Crippen LogP) is 0.492. The summed E-state index contributed by atoms with van der Waals surface area (Å²) in [5.74, 6) is 0.555. The summed E-state index contributed by atoms with van der Waals surface area (Å²) in [6.07, 6.45) is 0. The van der Waals surface area contributed by atoms with E-state index in [2.05, 4.69) is 4.90 Å². The molecule has 0 unspecified atom stereocenters. The van der Waals surface area contributed by atoms with Gasteiger partial charge in [0.1, 0.15) is 12.4 Å². The first kappa shape index (κ1) is 23.9. The number of ether oxygens (including phenoxy) is 3. The summed E-state index contributed by atoms with van der Waals surface area (Å²) in [5.41, 5.74) is 1.27. The van der Waals surface area contributed by atoms with Crippen molar-refractivity contribution in [2.45, 2.75) is 24.8 Å². The van der Waals surface area contributed by atoms with E-state index in [-0.39, 0.29) is 37.2 Å². The van der Waals surface area contributed by atoms with E-state index in [0.717, 1.165) is 13.1 Å². The lowest BCUT2D eigenvalue weighted by molar-refractivity contribution is -0.138. The number of methoxy groups -OCH3 is 1. The van der Waals surface area contributed by atoms with Crippen LogP contribution in [0.4, 0.5) is 0 Å². The summed E-state index contributed by atoms with van der Waals surface area (Å²) in [4.78, 5) is 16.7. The number of hydrogen-bond acceptors (Lipinski definition) is 7. The molecule has 0 bridgehead atoms. The second-order valence-corrected chi connectivity index (χ2v) is 9.96. The summed E-state index contributed by atoms with van der Waals surface area (Å²) in [7, 11) is -0.171. The Hall–Kier alpha value is -1.72. The van der Waals surface area contributed by atoms with Crippen molar-refractivity contribution in [3.63, 3.8) is 0 Å². The zero-order valence-corrected chi connectivity index (χ0v) is 19.6. The van der Waals surface area contributed by atoms with Gasteiger partial charge in [0.2, 0.25) is 15.9 Å². The topological polar surface area (TPSA) is 88.6 Å². The molecule has 3 rings (SSSR count). The van der Waals surface area contributed by atoms with Crippen LogP contribution in [-0.2, 0) is 24.3 Å². The van der Waals surface area contributed by atoms with Gasteiger partial charge in [-0.05, 0) is 44.2 Å². The largest absolute Gasteiger partial charge is 0.497 e. The first-order valence-corrected chi connectivity index (χ1v) is 12.0. The zero-order valence-electron chi connectivity index (χ0n) is 18.8. The van der Waals surface area contributed by atoms with Crippen molar-refractivity contribution < 1.29 is 27.4 Å². The number of benzene rings is 1. The summed E-state index contributed by atoms with van der Waals surface area (Å²) >= 11 is 0. The first-order valence-electron chi connectivity index (χ1n) is 10.5.